The average Bonchev–Trinajstić information content (AvgIpc) is 2.15. The van der Waals surface area contributed by atoms with Crippen molar-refractivity contribution in [3.05, 3.63) is 34.9 Å². The summed E-state index contributed by atoms with van der Waals surface area (Å²) in [6.45, 7) is 1.55. The molecule has 0 heterocycles. The molecule has 1 atom stereocenters. The van der Waals surface area contributed by atoms with Crippen molar-refractivity contribution in [2.24, 2.45) is 0 Å². The third-order valence-electron chi connectivity index (χ3n) is 1.95. The molecule has 0 spiro atoms. The quantitative estimate of drug-likeness (QED) is 0.820. The van der Waals surface area contributed by atoms with E-state index in [1.807, 2.05) is 19.1 Å². The number of alkyl halides is 2. The normalized spacial score (nSPS) is 13.2. The molecule has 0 aromatic heterocycles. The number of halogens is 3. The minimum Gasteiger partial charge on any atom is -0.305 e. The summed E-state index contributed by atoms with van der Waals surface area (Å²) in [4.78, 5) is 0. The van der Waals surface area contributed by atoms with E-state index in [1.54, 1.807) is 12.1 Å². The first kappa shape index (κ1) is 11.4. The second kappa shape index (κ2) is 5.27. The molecule has 1 N–H and O–H groups in total. The highest BCUT2D eigenvalue weighted by molar-refractivity contribution is 6.30. The largest absolute Gasteiger partial charge is 0.305 e. The molecule has 1 nitrogen and oxygen atoms in total. The maximum absolute atomic E-state index is 11.9. The smallest absolute Gasteiger partial charge is 0.250 e. The predicted octanol–water partition coefficient (Wildman–Crippen LogP) is 3.26. The lowest BCUT2D eigenvalue weighted by Gasteiger charge is -2.13. The molecule has 0 fully saturated rings. The van der Waals surface area contributed by atoms with Crippen LogP contribution in [0.1, 0.15) is 18.5 Å². The van der Waals surface area contributed by atoms with Crippen LogP contribution in [0.25, 0.3) is 0 Å². The van der Waals surface area contributed by atoms with Crippen molar-refractivity contribution < 1.29 is 8.78 Å². The Bertz CT molecular complexity index is 274. The average molecular weight is 220 g/mol. The maximum Gasteiger partial charge on any atom is 0.250 e. The summed E-state index contributed by atoms with van der Waals surface area (Å²) in [5.74, 6) is 0. The molecule has 4 heteroatoms. The third kappa shape index (κ3) is 3.60. The second-order valence-corrected chi connectivity index (χ2v) is 3.51. The fourth-order valence-electron chi connectivity index (χ4n) is 1.14. The number of benzene rings is 1. The fourth-order valence-corrected chi connectivity index (χ4v) is 1.26. The van der Waals surface area contributed by atoms with Gasteiger partial charge in [0, 0.05) is 11.1 Å². The van der Waals surface area contributed by atoms with Crippen molar-refractivity contribution in [2.45, 2.75) is 19.4 Å². The summed E-state index contributed by atoms with van der Waals surface area (Å²) in [6.07, 6.45) is -2.32. The van der Waals surface area contributed by atoms with Gasteiger partial charge in [-0.1, -0.05) is 23.7 Å². The molecule has 0 saturated carbocycles. The van der Waals surface area contributed by atoms with Crippen LogP contribution in [-0.4, -0.2) is 13.0 Å². The number of rotatable bonds is 4. The fraction of sp³-hybridized carbons (Fsp3) is 0.400. The predicted molar refractivity (Wildman–Crippen MR) is 53.9 cm³/mol. The van der Waals surface area contributed by atoms with E-state index in [1.165, 1.54) is 0 Å². The summed E-state index contributed by atoms with van der Waals surface area (Å²) < 4.78 is 23.8. The lowest BCUT2D eigenvalue weighted by Crippen LogP contribution is -2.24. The Morgan fingerprint density at radius 3 is 2.36 bits per heavy atom. The molecule has 0 bridgehead atoms. The molecular formula is C10H12ClF2N. The van der Waals surface area contributed by atoms with Crippen molar-refractivity contribution in [1.82, 2.24) is 5.32 Å². The minimum absolute atomic E-state index is 0.0822. The van der Waals surface area contributed by atoms with Crippen molar-refractivity contribution >= 4 is 11.6 Å². The Morgan fingerprint density at radius 2 is 1.86 bits per heavy atom. The van der Waals surface area contributed by atoms with Gasteiger partial charge in [-0.15, -0.1) is 0 Å². The molecule has 0 amide bonds. The maximum atomic E-state index is 11.9. The monoisotopic (exact) mass is 219 g/mol. The highest BCUT2D eigenvalue weighted by Crippen LogP contribution is 2.15. The zero-order valence-corrected chi connectivity index (χ0v) is 8.56. The molecule has 14 heavy (non-hydrogen) atoms. The van der Waals surface area contributed by atoms with Crippen LogP contribution >= 0.6 is 11.6 Å². The molecule has 1 aromatic rings. The Hall–Kier alpha value is -0.670. The van der Waals surface area contributed by atoms with Gasteiger partial charge in [-0.2, -0.15) is 0 Å². The number of hydrogen-bond acceptors (Lipinski definition) is 1. The first-order valence-corrected chi connectivity index (χ1v) is 4.74. The summed E-state index contributed by atoms with van der Waals surface area (Å²) in [7, 11) is 0. The van der Waals surface area contributed by atoms with Gasteiger partial charge >= 0.3 is 0 Å². The summed E-state index contributed by atoms with van der Waals surface area (Å²) in [5.41, 5.74) is 0.954. The first-order chi connectivity index (χ1) is 6.59. The van der Waals surface area contributed by atoms with E-state index in [9.17, 15) is 8.78 Å². The standard InChI is InChI=1S/C10H12ClF2N/c1-7(14-6-10(12)13)8-2-4-9(11)5-3-8/h2-5,7,10,14H,6H2,1H3. The van der Waals surface area contributed by atoms with E-state index in [-0.39, 0.29) is 12.6 Å². The van der Waals surface area contributed by atoms with Crippen LogP contribution < -0.4 is 5.32 Å². The van der Waals surface area contributed by atoms with Crippen LogP contribution in [0.5, 0.6) is 0 Å². The van der Waals surface area contributed by atoms with Gasteiger partial charge in [0.05, 0.1) is 6.54 Å². The zero-order chi connectivity index (χ0) is 10.6. The Morgan fingerprint density at radius 1 is 1.29 bits per heavy atom. The lowest BCUT2D eigenvalue weighted by atomic mass is 10.1. The van der Waals surface area contributed by atoms with Gasteiger partial charge in [-0.3, -0.25) is 0 Å². The van der Waals surface area contributed by atoms with Crippen LogP contribution in [0, 0.1) is 0 Å². The van der Waals surface area contributed by atoms with E-state index in [0.717, 1.165) is 5.56 Å². The van der Waals surface area contributed by atoms with Crippen molar-refractivity contribution in [2.75, 3.05) is 6.54 Å². The molecule has 0 saturated heterocycles. The Kier molecular flexibility index (Phi) is 4.29. The van der Waals surface area contributed by atoms with Crippen LogP contribution in [0.3, 0.4) is 0 Å². The van der Waals surface area contributed by atoms with Crippen LogP contribution in [0.15, 0.2) is 24.3 Å². The Balaban J connectivity index is 2.52. The molecule has 1 aromatic carbocycles. The first-order valence-electron chi connectivity index (χ1n) is 4.36. The van der Waals surface area contributed by atoms with Gasteiger partial charge in [0.2, 0.25) is 0 Å². The molecule has 1 unspecified atom stereocenters. The highest BCUT2D eigenvalue weighted by Gasteiger charge is 2.07. The minimum atomic E-state index is -2.32. The summed E-state index contributed by atoms with van der Waals surface area (Å²) >= 11 is 5.70. The van der Waals surface area contributed by atoms with Crippen molar-refractivity contribution in [3.63, 3.8) is 0 Å². The van der Waals surface area contributed by atoms with Crippen LogP contribution in [0.2, 0.25) is 5.02 Å². The number of nitrogens with one attached hydrogen (secondary N) is 1. The molecule has 0 radical (unpaired) electrons. The highest BCUT2D eigenvalue weighted by atomic mass is 35.5. The third-order valence-corrected chi connectivity index (χ3v) is 2.20. The van der Waals surface area contributed by atoms with E-state index >= 15 is 0 Å². The summed E-state index contributed by atoms with van der Waals surface area (Å²) in [6, 6.07) is 7.06. The lowest BCUT2D eigenvalue weighted by molar-refractivity contribution is 0.142. The van der Waals surface area contributed by atoms with E-state index < -0.39 is 6.43 Å². The van der Waals surface area contributed by atoms with E-state index in [2.05, 4.69) is 5.32 Å². The Labute approximate surface area is 87.1 Å². The van der Waals surface area contributed by atoms with Gasteiger partial charge in [0.15, 0.2) is 0 Å². The summed E-state index contributed by atoms with van der Waals surface area (Å²) in [5, 5.41) is 3.37. The zero-order valence-electron chi connectivity index (χ0n) is 7.81. The SMILES string of the molecule is CC(NCC(F)F)c1ccc(Cl)cc1. The van der Waals surface area contributed by atoms with Gasteiger partial charge in [-0.25, -0.2) is 8.78 Å². The van der Waals surface area contributed by atoms with Gasteiger partial charge in [-0.05, 0) is 24.6 Å². The molecule has 1 rings (SSSR count). The van der Waals surface area contributed by atoms with E-state index in [4.69, 9.17) is 11.6 Å². The van der Waals surface area contributed by atoms with Gasteiger partial charge < -0.3 is 5.32 Å². The second-order valence-electron chi connectivity index (χ2n) is 3.07. The van der Waals surface area contributed by atoms with Crippen LogP contribution in [0.4, 0.5) is 8.78 Å². The van der Waals surface area contributed by atoms with E-state index in [0.29, 0.717) is 5.02 Å². The molecule has 0 aliphatic carbocycles. The molecule has 0 aliphatic heterocycles. The molecule has 78 valence electrons. The van der Waals surface area contributed by atoms with Crippen LogP contribution in [-0.2, 0) is 0 Å². The van der Waals surface area contributed by atoms with Crippen molar-refractivity contribution in [3.8, 4) is 0 Å². The molecular weight excluding hydrogens is 208 g/mol. The van der Waals surface area contributed by atoms with Gasteiger partial charge in [0.1, 0.15) is 0 Å². The number of hydrogen-bond donors (Lipinski definition) is 1. The van der Waals surface area contributed by atoms with Crippen molar-refractivity contribution in [1.29, 1.82) is 0 Å². The van der Waals surface area contributed by atoms with Gasteiger partial charge in [0.25, 0.3) is 6.43 Å². The topological polar surface area (TPSA) is 12.0 Å². The molecule has 0 aliphatic rings.